The second kappa shape index (κ2) is 5.57. The Balaban J connectivity index is 2.20. The summed E-state index contributed by atoms with van der Waals surface area (Å²) < 4.78 is 21.6. The van der Waals surface area contributed by atoms with Gasteiger partial charge in [-0.1, -0.05) is 0 Å². The lowest BCUT2D eigenvalue weighted by molar-refractivity contribution is 0.123. The molecule has 0 aliphatic heterocycles. The molecule has 0 bridgehead atoms. The van der Waals surface area contributed by atoms with Crippen molar-refractivity contribution in [3.05, 3.63) is 12.1 Å². The average molecular weight is 273 g/mol. The van der Waals surface area contributed by atoms with E-state index in [9.17, 15) is 0 Å². The van der Waals surface area contributed by atoms with Gasteiger partial charge in [0, 0.05) is 30.4 Å². The smallest absolute Gasteiger partial charge is 0.203 e. The molecule has 1 aliphatic rings. The summed E-state index contributed by atoms with van der Waals surface area (Å²) in [5.74, 6) is 2.46. The number of halogens is 1. The van der Waals surface area contributed by atoms with E-state index in [0.717, 1.165) is 12.8 Å². The Morgan fingerprint density at radius 2 is 1.56 bits per heavy atom. The van der Waals surface area contributed by atoms with Gasteiger partial charge in [0.2, 0.25) is 5.75 Å². The van der Waals surface area contributed by atoms with Crippen LogP contribution in [0.15, 0.2) is 12.1 Å². The third-order valence-corrected chi connectivity index (χ3v) is 3.33. The van der Waals surface area contributed by atoms with Gasteiger partial charge >= 0.3 is 0 Å². The topological polar surface area (TPSA) is 36.9 Å². The van der Waals surface area contributed by atoms with Gasteiger partial charge in [-0.2, -0.15) is 0 Å². The van der Waals surface area contributed by atoms with Crippen LogP contribution in [0.4, 0.5) is 0 Å². The molecule has 2 rings (SSSR count). The minimum atomic E-state index is 0.176. The van der Waals surface area contributed by atoms with Crippen LogP contribution in [0, 0.1) is 0 Å². The molecule has 1 aromatic rings. The minimum Gasteiger partial charge on any atom is -0.493 e. The van der Waals surface area contributed by atoms with Crippen LogP contribution in [0.3, 0.4) is 0 Å². The Kier molecular flexibility index (Phi) is 4.07. The van der Waals surface area contributed by atoms with E-state index in [1.807, 2.05) is 0 Å². The molecule has 18 heavy (non-hydrogen) atoms. The van der Waals surface area contributed by atoms with Gasteiger partial charge in [0.25, 0.3) is 0 Å². The maximum Gasteiger partial charge on any atom is 0.203 e. The molecule has 5 heteroatoms. The summed E-state index contributed by atoms with van der Waals surface area (Å²) in [6.45, 7) is 0. The highest BCUT2D eigenvalue weighted by Crippen LogP contribution is 2.42. The molecule has 0 radical (unpaired) electrons. The van der Waals surface area contributed by atoms with Gasteiger partial charge in [0.05, 0.1) is 21.3 Å². The van der Waals surface area contributed by atoms with Crippen LogP contribution in [-0.2, 0) is 0 Å². The summed E-state index contributed by atoms with van der Waals surface area (Å²) in [5, 5.41) is 0.233. The number of ether oxygens (including phenoxy) is 4. The van der Waals surface area contributed by atoms with Crippen LogP contribution >= 0.6 is 11.6 Å². The summed E-state index contributed by atoms with van der Waals surface area (Å²) in [6.07, 6.45) is 1.92. The Morgan fingerprint density at radius 3 is 1.94 bits per heavy atom. The van der Waals surface area contributed by atoms with Crippen molar-refractivity contribution in [1.29, 1.82) is 0 Å². The largest absolute Gasteiger partial charge is 0.493 e. The van der Waals surface area contributed by atoms with E-state index in [0.29, 0.717) is 23.0 Å². The van der Waals surface area contributed by atoms with E-state index in [1.54, 1.807) is 33.5 Å². The molecule has 4 nitrogen and oxygen atoms in total. The van der Waals surface area contributed by atoms with Gasteiger partial charge in [0.15, 0.2) is 11.5 Å². The van der Waals surface area contributed by atoms with Crippen LogP contribution in [0.2, 0.25) is 0 Å². The van der Waals surface area contributed by atoms with E-state index < -0.39 is 0 Å². The van der Waals surface area contributed by atoms with E-state index in [4.69, 9.17) is 30.5 Å². The summed E-state index contributed by atoms with van der Waals surface area (Å²) in [7, 11) is 4.74. The predicted molar refractivity (Wildman–Crippen MR) is 69.4 cm³/mol. The lowest BCUT2D eigenvalue weighted by atomic mass is 9.95. The lowest BCUT2D eigenvalue weighted by Gasteiger charge is -2.31. The summed E-state index contributed by atoms with van der Waals surface area (Å²) in [6, 6.07) is 3.59. The first-order valence-electron chi connectivity index (χ1n) is 5.78. The molecule has 100 valence electrons. The van der Waals surface area contributed by atoms with Crippen molar-refractivity contribution in [3.63, 3.8) is 0 Å². The van der Waals surface area contributed by atoms with Gasteiger partial charge in [-0.05, 0) is 0 Å². The van der Waals surface area contributed by atoms with Crippen LogP contribution < -0.4 is 18.9 Å². The molecule has 0 saturated heterocycles. The molecule has 0 N–H and O–H groups in total. The number of hydrogen-bond acceptors (Lipinski definition) is 4. The van der Waals surface area contributed by atoms with Crippen LogP contribution in [0.1, 0.15) is 12.8 Å². The molecular weight excluding hydrogens is 256 g/mol. The quantitative estimate of drug-likeness (QED) is 0.773. The Labute approximate surface area is 112 Å². The molecule has 0 amide bonds. The summed E-state index contributed by atoms with van der Waals surface area (Å²) >= 11 is 5.93. The van der Waals surface area contributed by atoms with Crippen molar-refractivity contribution in [1.82, 2.24) is 0 Å². The van der Waals surface area contributed by atoms with Crippen LogP contribution in [0.5, 0.6) is 23.0 Å². The predicted octanol–water partition coefficient (Wildman–Crippen LogP) is 2.86. The van der Waals surface area contributed by atoms with E-state index in [2.05, 4.69) is 0 Å². The highest BCUT2D eigenvalue weighted by molar-refractivity contribution is 6.21. The Hall–Kier alpha value is -1.29. The van der Waals surface area contributed by atoms with Gasteiger partial charge < -0.3 is 18.9 Å². The third-order valence-electron chi connectivity index (χ3n) is 2.98. The zero-order chi connectivity index (χ0) is 13.1. The fraction of sp³-hybridized carbons (Fsp3) is 0.538. The first kappa shape index (κ1) is 13.1. The molecule has 1 fully saturated rings. The van der Waals surface area contributed by atoms with Gasteiger partial charge in [-0.3, -0.25) is 0 Å². The summed E-state index contributed by atoms with van der Waals surface area (Å²) in [4.78, 5) is 0. The molecule has 0 unspecified atom stereocenters. The molecule has 0 atom stereocenters. The number of hydrogen-bond donors (Lipinski definition) is 0. The Morgan fingerprint density at radius 1 is 1.00 bits per heavy atom. The molecular formula is C13H17ClO4. The first-order chi connectivity index (χ1) is 8.67. The molecule has 0 heterocycles. The lowest BCUT2D eigenvalue weighted by Crippen LogP contribution is -2.34. The highest BCUT2D eigenvalue weighted by atomic mass is 35.5. The van der Waals surface area contributed by atoms with E-state index in [-0.39, 0.29) is 11.5 Å². The molecule has 1 aliphatic carbocycles. The third kappa shape index (κ3) is 2.58. The van der Waals surface area contributed by atoms with E-state index >= 15 is 0 Å². The minimum absolute atomic E-state index is 0.176. The number of rotatable bonds is 5. The van der Waals surface area contributed by atoms with Crippen molar-refractivity contribution in [2.75, 3.05) is 21.3 Å². The van der Waals surface area contributed by atoms with Crippen molar-refractivity contribution in [2.24, 2.45) is 0 Å². The number of alkyl halides is 1. The second-order valence-corrected chi connectivity index (χ2v) is 4.79. The molecule has 0 spiro atoms. The monoisotopic (exact) mass is 272 g/mol. The molecule has 0 aromatic heterocycles. The second-order valence-electron chi connectivity index (χ2n) is 4.17. The maximum atomic E-state index is 5.93. The van der Waals surface area contributed by atoms with Crippen LogP contribution in [0.25, 0.3) is 0 Å². The average Bonchev–Trinajstić information content (AvgIpc) is 2.35. The number of benzene rings is 1. The fourth-order valence-corrected chi connectivity index (χ4v) is 2.31. The first-order valence-corrected chi connectivity index (χ1v) is 6.22. The van der Waals surface area contributed by atoms with E-state index in [1.165, 1.54) is 0 Å². The van der Waals surface area contributed by atoms with Crippen molar-refractivity contribution < 1.29 is 18.9 Å². The van der Waals surface area contributed by atoms with Crippen molar-refractivity contribution in [2.45, 2.75) is 24.3 Å². The maximum absolute atomic E-state index is 5.93. The fourth-order valence-electron chi connectivity index (χ4n) is 1.92. The molecule has 1 saturated carbocycles. The normalized spacial score (nSPS) is 22.0. The highest BCUT2D eigenvalue weighted by Gasteiger charge is 2.29. The zero-order valence-corrected chi connectivity index (χ0v) is 11.5. The van der Waals surface area contributed by atoms with Crippen molar-refractivity contribution in [3.8, 4) is 23.0 Å². The SMILES string of the molecule is COc1cc(OC2CC(Cl)C2)cc(OC)c1OC. The summed E-state index contributed by atoms with van der Waals surface area (Å²) in [5.41, 5.74) is 0. The standard InChI is InChI=1S/C13H17ClO4/c1-15-11-6-10(18-9-4-8(14)5-9)7-12(16-2)13(11)17-3/h6-9H,4-5H2,1-3H3. The molecule has 1 aromatic carbocycles. The van der Waals surface area contributed by atoms with Crippen LogP contribution in [-0.4, -0.2) is 32.8 Å². The Bertz CT molecular complexity index is 390. The number of methoxy groups -OCH3 is 3. The van der Waals surface area contributed by atoms with Gasteiger partial charge in [-0.25, -0.2) is 0 Å². The van der Waals surface area contributed by atoms with Gasteiger partial charge in [0.1, 0.15) is 11.9 Å². The zero-order valence-electron chi connectivity index (χ0n) is 10.7. The van der Waals surface area contributed by atoms with Crippen molar-refractivity contribution >= 4 is 11.6 Å². The van der Waals surface area contributed by atoms with Gasteiger partial charge in [-0.15, -0.1) is 11.6 Å².